The predicted octanol–water partition coefficient (Wildman–Crippen LogP) is 4.51. The second kappa shape index (κ2) is 6.15. The zero-order valence-corrected chi connectivity index (χ0v) is 13.2. The molecule has 2 nitrogen and oxygen atoms in total. The molecule has 2 bridgehead atoms. The summed E-state index contributed by atoms with van der Waals surface area (Å²) in [5.41, 5.74) is 1.98. The van der Waals surface area contributed by atoms with Crippen molar-refractivity contribution in [3.63, 3.8) is 0 Å². The molecule has 0 saturated heterocycles. The fraction of sp³-hybridized carbons (Fsp3) is 0.722. The van der Waals surface area contributed by atoms with E-state index in [2.05, 4.69) is 37.3 Å². The number of unbranched alkanes of at least 4 members (excludes halogenated alkanes) is 1. The van der Waals surface area contributed by atoms with Gasteiger partial charge in [-0.05, 0) is 55.3 Å². The lowest BCUT2D eigenvalue weighted by Crippen LogP contribution is -2.51. The number of carbonyl (C=O) groups excluding carboxylic acids is 1. The molecule has 112 valence electrons. The van der Waals surface area contributed by atoms with Crippen molar-refractivity contribution >= 4 is 5.97 Å². The maximum Gasteiger partial charge on any atom is 0.305 e. The molecule has 3 fully saturated rings. The lowest BCUT2D eigenvalue weighted by Gasteiger charge is -2.60. The van der Waals surface area contributed by atoms with E-state index in [1.54, 1.807) is 0 Å². The van der Waals surface area contributed by atoms with Crippen LogP contribution in [0.1, 0.15) is 52.4 Å². The van der Waals surface area contributed by atoms with Crippen LogP contribution in [0.25, 0.3) is 0 Å². The fourth-order valence-electron chi connectivity index (χ4n) is 3.92. The van der Waals surface area contributed by atoms with E-state index in [1.807, 2.05) is 0 Å². The van der Waals surface area contributed by atoms with Crippen molar-refractivity contribution in [3.8, 4) is 0 Å². The second-order valence-electron chi connectivity index (χ2n) is 6.99. The Kier molecular flexibility index (Phi) is 4.72. The minimum atomic E-state index is -0.110. The first-order valence-electron chi connectivity index (χ1n) is 7.87. The van der Waals surface area contributed by atoms with Crippen LogP contribution in [-0.4, -0.2) is 13.1 Å². The molecule has 0 aromatic rings. The van der Waals surface area contributed by atoms with Gasteiger partial charge >= 0.3 is 5.97 Å². The van der Waals surface area contributed by atoms with Gasteiger partial charge in [0.1, 0.15) is 0 Å². The molecule has 3 atom stereocenters. The van der Waals surface area contributed by atoms with Gasteiger partial charge in [0.2, 0.25) is 0 Å². The second-order valence-corrected chi connectivity index (χ2v) is 6.99. The Morgan fingerprint density at radius 2 is 2.15 bits per heavy atom. The van der Waals surface area contributed by atoms with Crippen molar-refractivity contribution in [2.75, 3.05) is 7.11 Å². The quantitative estimate of drug-likeness (QED) is 0.405. The van der Waals surface area contributed by atoms with E-state index < -0.39 is 0 Å². The number of allylic oxidation sites excluding steroid dienone is 3. The van der Waals surface area contributed by atoms with Gasteiger partial charge in [-0.25, -0.2) is 0 Å². The summed E-state index contributed by atoms with van der Waals surface area (Å²) in [4.78, 5) is 11.0. The number of methoxy groups -OCH3 is 1. The third-order valence-corrected chi connectivity index (χ3v) is 5.58. The van der Waals surface area contributed by atoms with Crippen molar-refractivity contribution in [3.05, 3.63) is 24.3 Å². The summed E-state index contributed by atoms with van der Waals surface area (Å²) < 4.78 is 4.63. The molecule has 20 heavy (non-hydrogen) atoms. The van der Waals surface area contributed by atoms with Crippen LogP contribution < -0.4 is 0 Å². The van der Waals surface area contributed by atoms with Gasteiger partial charge < -0.3 is 4.74 Å². The lowest BCUT2D eigenvalue weighted by molar-refractivity contribution is -0.140. The van der Waals surface area contributed by atoms with E-state index in [-0.39, 0.29) is 5.97 Å². The van der Waals surface area contributed by atoms with Gasteiger partial charge in [0.05, 0.1) is 7.11 Å². The number of fused-ring (bicyclic) bond motifs is 2. The molecule has 0 spiro atoms. The average molecular weight is 276 g/mol. The van der Waals surface area contributed by atoms with Crippen LogP contribution in [0, 0.1) is 23.2 Å². The van der Waals surface area contributed by atoms with E-state index >= 15 is 0 Å². The largest absolute Gasteiger partial charge is 0.469 e. The Balaban J connectivity index is 1.68. The Morgan fingerprint density at radius 1 is 1.40 bits per heavy atom. The van der Waals surface area contributed by atoms with E-state index in [1.165, 1.54) is 25.5 Å². The molecule has 3 rings (SSSR count). The standard InChI is InChI=1S/C18H28O2/c1-13-14(11-15-12-16(13)18(15,2)3)9-7-5-6-8-10-17(19)20-4/h5,7,14-16H,1,6,8-12H2,2-4H3/b7-5-/t14-,15?,16?/m0/s1. The average Bonchev–Trinajstić information content (AvgIpc) is 2.43. The molecule has 2 unspecified atom stereocenters. The monoisotopic (exact) mass is 276 g/mol. The van der Waals surface area contributed by atoms with Crippen LogP contribution in [0.15, 0.2) is 24.3 Å². The third kappa shape index (κ3) is 2.99. The van der Waals surface area contributed by atoms with Gasteiger partial charge in [-0.2, -0.15) is 0 Å². The van der Waals surface area contributed by atoms with E-state index in [4.69, 9.17) is 0 Å². The zero-order valence-electron chi connectivity index (χ0n) is 13.2. The molecule has 0 aliphatic heterocycles. The van der Waals surface area contributed by atoms with Gasteiger partial charge in [0, 0.05) is 6.42 Å². The van der Waals surface area contributed by atoms with Gasteiger partial charge in [-0.15, -0.1) is 0 Å². The van der Waals surface area contributed by atoms with Crippen LogP contribution in [0.5, 0.6) is 0 Å². The predicted molar refractivity (Wildman–Crippen MR) is 82.2 cm³/mol. The van der Waals surface area contributed by atoms with Gasteiger partial charge in [-0.3, -0.25) is 4.79 Å². The Bertz CT molecular complexity index is 406. The van der Waals surface area contributed by atoms with E-state index in [9.17, 15) is 4.79 Å². The van der Waals surface area contributed by atoms with Crippen molar-refractivity contribution in [1.29, 1.82) is 0 Å². The molecular weight excluding hydrogens is 248 g/mol. The highest BCUT2D eigenvalue weighted by atomic mass is 16.5. The maximum atomic E-state index is 11.0. The number of hydrogen-bond donors (Lipinski definition) is 0. The van der Waals surface area contributed by atoms with Crippen LogP contribution >= 0.6 is 0 Å². The highest BCUT2D eigenvalue weighted by molar-refractivity contribution is 5.69. The summed E-state index contributed by atoms with van der Waals surface area (Å²) in [6.07, 6.45) is 10.7. The number of rotatable bonds is 6. The van der Waals surface area contributed by atoms with Crippen LogP contribution in [0.4, 0.5) is 0 Å². The first-order valence-corrected chi connectivity index (χ1v) is 7.87. The molecule has 3 aliphatic rings. The smallest absolute Gasteiger partial charge is 0.305 e. The number of carbonyl (C=O) groups is 1. The highest BCUT2D eigenvalue weighted by Crippen LogP contribution is 2.62. The topological polar surface area (TPSA) is 26.3 Å². The molecule has 0 amide bonds. The summed E-state index contributed by atoms with van der Waals surface area (Å²) in [6, 6.07) is 0. The maximum absolute atomic E-state index is 11.0. The summed E-state index contributed by atoms with van der Waals surface area (Å²) in [5, 5.41) is 0. The third-order valence-electron chi connectivity index (χ3n) is 5.58. The number of ether oxygens (including phenoxy) is 1. The van der Waals surface area contributed by atoms with E-state index in [0.29, 0.717) is 17.8 Å². The summed E-state index contributed by atoms with van der Waals surface area (Å²) >= 11 is 0. The number of hydrogen-bond acceptors (Lipinski definition) is 2. The highest BCUT2D eigenvalue weighted by Gasteiger charge is 2.54. The molecule has 0 aromatic heterocycles. The summed E-state index contributed by atoms with van der Waals surface area (Å²) in [5.74, 6) is 2.22. The lowest BCUT2D eigenvalue weighted by atomic mass is 9.45. The SMILES string of the molecule is C=C1C2CC(C[C@@H]1C/C=C\CCCC(=O)OC)C2(C)C. The van der Waals surface area contributed by atoms with Crippen molar-refractivity contribution < 1.29 is 9.53 Å². The van der Waals surface area contributed by atoms with Crippen molar-refractivity contribution in [2.45, 2.75) is 52.4 Å². The molecule has 0 N–H and O–H groups in total. The van der Waals surface area contributed by atoms with Crippen LogP contribution in [0.2, 0.25) is 0 Å². The Hall–Kier alpha value is -1.05. The summed E-state index contributed by atoms with van der Waals surface area (Å²) in [7, 11) is 1.44. The Labute approximate surface area is 123 Å². The van der Waals surface area contributed by atoms with Gasteiger partial charge in [-0.1, -0.05) is 38.2 Å². The van der Waals surface area contributed by atoms with Gasteiger partial charge in [0.15, 0.2) is 0 Å². The minimum absolute atomic E-state index is 0.110. The van der Waals surface area contributed by atoms with Crippen molar-refractivity contribution in [2.24, 2.45) is 23.2 Å². The molecule has 3 aliphatic carbocycles. The molecular formula is C18H28O2. The molecule has 2 heteroatoms. The normalized spacial score (nSPS) is 31.1. The van der Waals surface area contributed by atoms with Gasteiger partial charge in [0.25, 0.3) is 0 Å². The molecule has 3 saturated carbocycles. The van der Waals surface area contributed by atoms with Crippen LogP contribution in [-0.2, 0) is 9.53 Å². The first kappa shape index (κ1) is 15.3. The number of esters is 1. The fourth-order valence-corrected chi connectivity index (χ4v) is 3.92. The molecule has 0 radical (unpaired) electrons. The van der Waals surface area contributed by atoms with Crippen molar-refractivity contribution in [1.82, 2.24) is 0 Å². The van der Waals surface area contributed by atoms with Crippen LogP contribution in [0.3, 0.4) is 0 Å². The zero-order chi connectivity index (χ0) is 14.8. The van der Waals surface area contributed by atoms with E-state index in [0.717, 1.165) is 31.1 Å². The molecule has 0 aromatic carbocycles. The molecule has 0 heterocycles. The summed E-state index contributed by atoms with van der Waals surface area (Å²) in [6.45, 7) is 9.16. The Morgan fingerprint density at radius 3 is 2.75 bits per heavy atom. The first-order chi connectivity index (χ1) is 9.46. The minimum Gasteiger partial charge on any atom is -0.469 e.